The van der Waals surface area contributed by atoms with Gasteiger partial charge >= 0.3 is 0 Å². The highest BCUT2D eigenvalue weighted by atomic mass is 32.1. The first kappa shape index (κ1) is 18.7. The van der Waals surface area contributed by atoms with Crippen LogP contribution in [0.4, 0.5) is 0 Å². The molecule has 0 spiro atoms. The fraction of sp³-hybridized carbons (Fsp3) is 0. The first-order valence-electron chi connectivity index (χ1n) is 9.31. The van der Waals surface area contributed by atoms with Crippen LogP contribution < -0.4 is 21.2 Å². The predicted molar refractivity (Wildman–Crippen MR) is 129 cm³/mol. The lowest BCUT2D eigenvalue weighted by Crippen LogP contribution is -2.23. The Hall–Kier alpha value is -2.61. The van der Waals surface area contributed by atoms with Gasteiger partial charge in [0, 0.05) is 6.57 Å². The third-order valence-corrected chi connectivity index (χ3v) is 14.5. The first-order chi connectivity index (χ1) is 13.9. The summed E-state index contributed by atoms with van der Waals surface area (Å²) in [6.45, 7) is 2.27. The third-order valence-electron chi connectivity index (χ3n) is 4.79. The third kappa shape index (κ3) is 3.44. The molecule has 28 heavy (non-hydrogen) atoms. The smallest absolute Gasteiger partial charge is 0.0188 e. The Balaban J connectivity index is 2.11. The van der Waals surface area contributed by atoms with Gasteiger partial charge in [-0.1, -0.05) is 128 Å². The molecule has 4 rings (SSSR count). The van der Waals surface area contributed by atoms with Gasteiger partial charge in [-0.25, -0.2) is 0 Å². The number of benzene rings is 4. The molecule has 0 bridgehead atoms. The Morgan fingerprint density at radius 3 is 1.14 bits per heavy atom. The average Bonchev–Trinajstić information content (AvgIpc) is 2.80. The van der Waals surface area contributed by atoms with Crippen molar-refractivity contribution < 1.29 is 0 Å². The Labute approximate surface area is 168 Å². The van der Waals surface area contributed by atoms with Crippen LogP contribution in [0.15, 0.2) is 128 Å². The Kier molecular flexibility index (Phi) is 5.76. The highest BCUT2D eigenvalue weighted by Crippen LogP contribution is 2.72. The molecule has 0 nitrogen and oxygen atoms in total. The van der Waals surface area contributed by atoms with Gasteiger partial charge in [-0.2, -0.15) is 0 Å². The molecule has 0 fully saturated rings. The second kappa shape index (κ2) is 8.60. The van der Waals surface area contributed by atoms with Crippen molar-refractivity contribution in [3.8, 4) is 0 Å². The van der Waals surface area contributed by atoms with Crippen molar-refractivity contribution in [3.05, 3.63) is 128 Å². The molecule has 0 atom stereocenters. The number of hydrogen-bond donors (Lipinski definition) is 0. The van der Waals surface area contributed by atoms with Crippen molar-refractivity contribution in [1.29, 1.82) is 0 Å². The minimum Gasteiger partial charge on any atom is -0.120 e. The van der Waals surface area contributed by atoms with Gasteiger partial charge in [0.05, 0.1) is 0 Å². The summed E-state index contributed by atoms with van der Waals surface area (Å²) in [5.74, 6) is 0. The van der Waals surface area contributed by atoms with E-state index in [4.69, 9.17) is 0 Å². The van der Waals surface area contributed by atoms with E-state index in [-0.39, 0.29) is 0 Å². The molecule has 4 aromatic rings. The summed E-state index contributed by atoms with van der Waals surface area (Å²) in [7, 11) is -0.714. The number of rotatable bonds is 5. The van der Waals surface area contributed by atoms with Crippen molar-refractivity contribution in [3.63, 3.8) is 0 Å². The molecule has 0 aliphatic heterocycles. The summed E-state index contributed by atoms with van der Waals surface area (Å²) in [4.78, 5) is 0. The van der Waals surface area contributed by atoms with Crippen LogP contribution in [0, 0.1) is 0 Å². The van der Waals surface area contributed by atoms with E-state index >= 15 is 0 Å². The van der Waals surface area contributed by atoms with Crippen molar-refractivity contribution in [2.45, 2.75) is 0 Å². The van der Waals surface area contributed by atoms with Crippen LogP contribution in [0.25, 0.3) is 0 Å². The fourth-order valence-corrected chi connectivity index (χ4v) is 13.4. The van der Waals surface area contributed by atoms with Gasteiger partial charge in [0.2, 0.25) is 0 Å². The monoisotopic (exact) mass is 396 g/mol. The first-order valence-corrected chi connectivity index (χ1v) is 13.2. The van der Waals surface area contributed by atoms with Gasteiger partial charge in [0.1, 0.15) is 0 Å². The van der Waals surface area contributed by atoms with Crippen molar-refractivity contribution >= 4 is 40.9 Å². The van der Waals surface area contributed by atoms with Gasteiger partial charge in [-0.3, -0.25) is 0 Å². The highest BCUT2D eigenvalue weighted by Gasteiger charge is 2.34. The molecule has 0 aliphatic rings. The van der Waals surface area contributed by atoms with E-state index < -0.39 is 14.2 Å². The van der Waals surface area contributed by atoms with E-state index in [2.05, 4.69) is 133 Å². The van der Waals surface area contributed by atoms with Crippen LogP contribution in [0.3, 0.4) is 0 Å². The van der Waals surface area contributed by atoms with Gasteiger partial charge < -0.3 is 0 Å². The van der Waals surface area contributed by atoms with E-state index in [1.54, 1.807) is 0 Å². The Morgan fingerprint density at radius 1 is 0.500 bits per heavy atom. The van der Waals surface area contributed by atoms with Gasteiger partial charge in [-0.15, -0.1) is 5.45 Å². The molecular weight excluding hydrogens is 374 g/mol. The Morgan fingerprint density at radius 2 is 0.821 bits per heavy atom. The lowest BCUT2D eigenvalue weighted by molar-refractivity contribution is 1.75. The fourth-order valence-electron chi connectivity index (χ4n) is 3.55. The van der Waals surface area contributed by atoms with E-state index in [1.165, 1.54) is 21.2 Å². The van der Waals surface area contributed by atoms with Gasteiger partial charge in [-0.05, 0) is 28.8 Å². The standard InChI is InChI=1S/C26H22P2/c1-2-28(25-19-11-5-12-20-25,26-21-13-6-14-22-26)27(23-15-7-3-8-16-23)24-17-9-4-10-18-24/h3-22H,1H2. The van der Waals surface area contributed by atoms with E-state index in [0.717, 1.165) is 0 Å². The van der Waals surface area contributed by atoms with E-state index in [1.807, 2.05) is 0 Å². The SMILES string of the molecule is C=C=P(c1ccccc1)(c1ccccc1)P(c1ccccc1)c1ccccc1. The minimum atomic E-state index is -2.03. The molecular formula is C26H22P2. The molecule has 0 radical (unpaired) electrons. The normalized spacial score (nSPS) is 11.2. The summed E-state index contributed by atoms with van der Waals surface area (Å²) < 4.78 is 0. The second-order valence-corrected chi connectivity index (χ2v) is 13.7. The van der Waals surface area contributed by atoms with Crippen molar-refractivity contribution in [1.82, 2.24) is 0 Å². The average molecular weight is 396 g/mol. The van der Waals surface area contributed by atoms with Crippen LogP contribution in [0.5, 0.6) is 0 Å². The topological polar surface area (TPSA) is 0 Å². The molecule has 0 aliphatic carbocycles. The summed E-state index contributed by atoms with van der Waals surface area (Å²) in [5.41, 5.74) is 3.64. The maximum atomic E-state index is 4.30. The summed E-state index contributed by atoms with van der Waals surface area (Å²) in [6.07, 6.45) is 0. The molecule has 0 unspecified atom stereocenters. The molecule has 2 heteroatoms. The lowest BCUT2D eigenvalue weighted by atomic mass is 10.4. The highest BCUT2D eigenvalue weighted by molar-refractivity contribution is 8.48. The van der Waals surface area contributed by atoms with Crippen LogP contribution in [-0.4, -0.2) is 5.45 Å². The summed E-state index contributed by atoms with van der Waals surface area (Å²) >= 11 is 0. The molecule has 4 aromatic carbocycles. The quantitative estimate of drug-likeness (QED) is 0.402. The van der Waals surface area contributed by atoms with Crippen LogP contribution in [0.1, 0.15) is 0 Å². The van der Waals surface area contributed by atoms with Crippen molar-refractivity contribution in [2.24, 2.45) is 0 Å². The molecule has 0 aromatic heterocycles. The zero-order chi connectivity index (χ0) is 19.2. The van der Waals surface area contributed by atoms with Gasteiger partial charge in [0.25, 0.3) is 0 Å². The molecule has 0 N–H and O–H groups in total. The van der Waals surface area contributed by atoms with E-state index in [9.17, 15) is 0 Å². The van der Waals surface area contributed by atoms with Crippen LogP contribution >= 0.6 is 14.2 Å². The van der Waals surface area contributed by atoms with Gasteiger partial charge in [0.15, 0.2) is 0 Å². The molecule has 0 saturated carbocycles. The maximum Gasteiger partial charge on any atom is 0.0188 e. The Bertz CT molecular complexity index is 1020. The summed E-state index contributed by atoms with van der Waals surface area (Å²) in [6, 6.07) is 43.5. The predicted octanol–water partition coefficient (Wildman–Crippen LogP) is 5.29. The van der Waals surface area contributed by atoms with Crippen LogP contribution in [0.2, 0.25) is 0 Å². The zero-order valence-corrected chi connectivity index (χ0v) is 17.4. The molecule has 0 heterocycles. The van der Waals surface area contributed by atoms with Crippen LogP contribution in [-0.2, 0) is 0 Å². The number of hydrogen-bond acceptors (Lipinski definition) is 0. The minimum absolute atomic E-state index is 0.714. The molecule has 0 saturated heterocycles. The summed E-state index contributed by atoms with van der Waals surface area (Å²) in [5, 5.41) is 5.38. The zero-order valence-electron chi connectivity index (χ0n) is 15.6. The lowest BCUT2D eigenvalue weighted by Gasteiger charge is -2.35. The van der Waals surface area contributed by atoms with Crippen molar-refractivity contribution in [2.75, 3.05) is 0 Å². The second-order valence-electron chi connectivity index (χ2n) is 6.45. The maximum absolute atomic E-state index is 4.30. The molecule has 136 valence electrons. The van der Waals surface area contributed by atoms with E-state index in [0.29, 0.717) is 0 Å². The molecule has 0 amide bonds. The largest absolute Gasteiger partial charge is 0.120 e.